The average Bonchev–Trinajstić information content (AvgIpc) is 2.51. The van der Waals surface area contributed by atoms with Crippen molar-refractivity contribution in [3.8, 4) is 11.5 Å². The number of hydrogen-bond donors (Lipinski definition) is 1. The SMILES string of the molecule is CC[C@@H](C)NC(=O)COC(=O)COc1ccc(C)cc1OC. The van der Waals surface area contributed by atoms with E-state index in [9.17, 15) is 9.59 Å². The lowest BCUT2D eigenvalue weighted by Crippen LogP contribution is -2.35. The van der Waals surface area contributed by atoms with E-state index in [4.69, 9.17) is 14.2 Å². The summed E-state index contributed by atoms with van der Waals surface area (Å²) in [5, 5.41) is 2.71. The standard InChI is InChI=1S/C16H23NO5/c1-5-12(3)17-15(18)9-22-16(19)10-21-13-7-6-11(2)8-14(13)20-4/h6-8,12H,5,9-10H2,1-4H3,(H,17,18)/t12-/m1/s1. The van der Waals surface area contributed by atoms with E-state index < -0.39 is 5.97 Å². The Kier molecular flexibility index (Phi) is 7.22. The highest BCUT2D eigenvalue weighted by Gasteiger charge is 2.11. The Labute approximate surface area is 130 Å². The first kappa shape index (κ1) is 17.8. The molecule has 6 heteroatoms. The van der Waals surface area contributed by atoms with Crippen molar-refractivity contribution in [3.63, 3.8) is 0 Å². The Morgan fingerprint density at radius 1 is 1.23 bits per heavy atom. The fraction of sp³-hybridized carbons (Fsp3) is 0.500. The van der Waals surface area contributed by atoms with Crippen molar-refractivity contribution < 1.29 is 23.8 Å². The molecule has 0 bridgehead atoms. The molecule has 1 amide bonds. The second-order valence-corrected chi connectivity index (χ2v) is 4.98. The molecule has 0 spiro atoms. The van der Waals surface area contributed by atoms with Crippen LogP contribution in [-0.2, 0) is 14.3 Å². The van der Waals surface area contributed by atoms with Gasteiger partial charge in [0.15, 0.2) is 24.7 Å². The lowest BCUT2D eigenvalue weighted by molar-refractivity contribution is -0.150. The molecule has 0 aromatic heterocycles. The Bertz CT molecular complexity index is 515. The molecule has 0 unspecified atom stereocenters. The number of rotatable bonds is 8. The second-order valence-electron chi connectivity index (χ2n) is 4.98. The summed E-state index contributed by atoms with van der Waals surface area (Å²) >= 11 is 0. The number of carbonyl (C=O) groups is 2. The molecule has 0 fully saturated rings. The molecular weight excluding hydrogens is 286 g/mol. The summed E-state index contributed by atoms with van der Waals surface area (Å²) in [7, 11) is 1.53. The summed E-state index contributed by atoms with van der Waals surface area (Å²) in [6.07, 6.45) is 0.815. The molecule has 1 atom stereocenters. The number of aryl methyl sites for hydroxylation is 1. The van der Waals surface area contributed by atoms with Crippen LogP contribution in [0.25, 0.3) is 0 Å². The highest BCUT2D eigenvalue weighted by molar-refractivity contribution is 5.81. The summed E-state index contributed by atoms with van der Waals surface area (Å²) in [6, 6.07) is 5.43. The molecule has 1 aromatic rings. The van der Waals surface area contributed by atoms with E-state index in [1.165, 1.54) is 7.11 Å². The maximum absolute atomic E-state index is 11.6. The van der Waals surface area contributed by atoms with E-state index in [1.54, 1.807) is 12.1 Å². The normalized spacial score (nSPS) is 11.5. The smallest absolute Gasteiger partial charge is 0.344 e. The van der Waals surface area contributed by atoms with Crippen LogP contribution in [0.4, 0.5) is 0 Å². The third kappa shape index (κ3) is 6.03. The van der Waals surface area contributed by atoms with Gasteiger partial charge in [0.05, 0.1) is 7.11 Å². The maximum Gasteiger partial charge on any atom is 0.344 e. The Morgan fingerprint density at radius 3 is 2.59 bits per heavy atom. The van der Waals surface area contributed by atoms with Crippen LogP contribution in [0.5, 0.6) is 11.5 Å². The van der Waals surface area contributed by atoms with Crippen molar-refractivity contribution >= 4 is 11.9 Å². The number of nitrogens with one attached hydrogen (secondary N) is 1. The fourth-order valence-corrected chi connectivity index (χ4v) is 1.64. The lowest BCUT2D eigenvalue weighted by Gasteiger charge is -2.12. The molecule has 0 saturated heterocycles. The average molecular weight is 309 g/mol. The first-order valence-corrected chi connectivity index (χ1v) is 7.18. The zero-order valence-electron chi connectivity index (χ0n) is 13.5. The maximum atomic E-state index is 11.6. The molecule has 1 aromatic carbocycles. The number of methoxy groups -OCH3 is 1. The van der Waals surface area contributed by atoms with Gasteiger partial charge < -0.3 is 19.5 Å². The van der Waals surface area contributed by atoms with Crippen LogP contribution in [0.1, 0.15) is 25.8 Å². The summed E-state index contributed by atoms with van der Waals surface area (Å²) in [5.74, 6) is 0.0639. The van der Waals surface area contributed by atoms with E-state index in [0.717, 1.165) is 12.0 Å². The van der Waals surface area contributed by atoms with Crippen molar-refractivity contribution in [1.29, 1.82) is 0 Å². The molecule has 0 aliphatic rings. The summed E-state index contributed by atoms with van der Waals surface area (Å²) in [4.78, 5) is 23.1. The molecule has 0 radical (unpaired) electrons. The van der Waals surface area contributed by atoms with Crippen LogP contribution in [0.2, 0.25) is 0 Å². The van der Waals surface area contributed by atoms with E-state index in [0.29, 0.717) is 11.5 Å². The molecule has 1 rings (SSSR count). The number of benzene rings is 1. The van der Waals surface area contributed by atoms with Crippen molar-refractivity contribution in [1.82, 2.24) is 5.32 Å². The van der Waals surface area contributed by atoms with Gasteiger partial charge in [0.25, 0.3) is 5.91 Å². The van der Waals surface area contributed by atoms with Crippen molar-refractivity contribution in [2.24, 2.45) is 0 Å². The number of carbonyl (C=O) groups excluding carboxylic acids is 2. The molecule has 122 valence electrons. The van der Waals surface area contributed by atoms with Crippen LogP contribution in [0.3, 0.4) is 0 Å². The van der Waals surface area contributed by atoms with Gasteiger partial charge in [0.1, 0.15) is 0 Å². The van der Waals surface area contributed by atoms with Crippen molar-refractivity contribution in [2.75, 3.05) is 20.3 Å². The molecule has 0 heterocycles. The molecule has 6 nitrogen and oxygen atoms in total. The van der Waals surface area contributed by atoms with Crippen LogP contribution >= 0.6 is 0 Å². The molecule has 0 aliphatic carbocycles. The predicted octanol–water partition coefficient (Wildman–Crippen LogP) is 1.84. The van der Waals surface area contributed by atoms with E-state index in [-0.39, 0.29) is 25.2 Å². The van der Waals surface area contributed by atoms with Gasteiger partial charge in [-0.2, -0.15) is 0 Å². The molecular formula is C16H23NO5. The summed E-state index contributed by atoms with van der Waals surface area (Å²) < 4.78 is 15.4. The highest BCUT2D eigenvalue weighted by Crippen LogP contribution is 2.27. The van der Waals surface area contributed by atoms with E-state index >= 15 is 0 Å². The van der Waals surface area contributed by atoms with E-state index in [2.05, 4.69) is 5.32 Å². The van der Waals surface area contributed by atoms with Gasteiger partial charge in [0.2, 0.25) is 0 Å². The van der Waals surface area contributed by atoms with E-state index in [1.807, 2.05) is 26.8 Å². The number of hydrogen-bond acceptors (Lipinski definition) is 5. The summed E-state index contributed by atoms with van der Waals surface area (Å²) in [6.45, 7) is 5.18. The first-order chi connectivity index (χ1) is 10.5. The third-order valence-corrected chi connectivity index (χ3v) is 3.05. The molecule has 0 saturated carbocycles. The molecule has 0 aliphatic heterocycles. The first-order valence-electron chi connectivity index (χ1n) is 7.18. The van der Waals surface area contributed by atoms with Crippen molar-refractivity contribution in [2.45, 2.75) is 33.2 Å². The monoisotopic (exact) mass is 309 g/mol. The third-order valence-electron chi connectivity index (χ3n) is 3.05. The van der Waals surface area contributed by atoms with Gasteiger partial charge in [0, 0.05) is 6.04 Å². The van der Waals surface area contributed by atoms with Gasteiger partial charge in [-0.1, -0.05) is 13.0 Å². The zero-order valence-corrected chi connectivity index (χ0v) is 13.5. The number of ether oxygens (including phenoxy) is 3. The molecule has 1 N–H and O–H groups in total. The van der Waals surface area contributed by atoms with Crippen molar-refractivity contribution in [3.05, 3.63) is 23.8 Å². The topological polar surface area (TPSA) is 73.9 Å². The Balaban J connectivity index is 2.39. The number of esters is 1. The fourth-order valence-electron chi connectivity index (χ4n) is 1.64. The quantitative estimate of drug-likeness (QED) is 0.742. The Hall–Kier alpha value is -2.24. The highest BCUT2D eigenvalue weighted by atomic mass is 16.6. The molecule has 22 heavy (non-hydrogen) atoms. The largest absolute Gasteiger partial charge is 0.493 e. The van der Waals surface area contributed by atoms with Crippen LogP contribution in [0, 0.1) is 6.92 Å². The minimum Gasteiger partial charge on any atom is -0.493 e. The van der Waals surface area contributed by atoms with Gasteiger partial charge >= 0.3 is 5.97 Å². The minimum atomic E-state index is -0.609. The lowest BCUT2D eigenvalue weighted by atomic mass is 10.2. The number of amides is 1. The Morgan fingerprint density at radius 2 is 1.95 bits per heavy atom. The zero-order chi connectivity index (χ0) is 16.5. The predicted molar refractivity (Wildman–Crippen MR) is 82.1 cm³/mol. The van der Waals surface area contributed by atoms with Crippen LogP contribution < -0.4 is 14.8 Å². The van der Waals surface area contributed by atoms with Gasteiger partial charge in [-0.3, -0.25) is 4.79 Å². The van der Waals surface area contributed by atoms with Gasteiger partial charge in [-0.05, 0) is 38.0 Å². The minimum absolute atomic E-state index is 0.0549. The van der Waals surface area contributed by atoms with Crippen LogP contribution in [0.15, 0.2) is 18.2 Å². The summed E-state index contributed by atoms with van der Waals surface area (Å²) in [5.41, 5.74) is 1.02. The second kappa shape index (κ2) is 8.92. The van der Waals surface area contributed by atoms with Gasteiger partial charge in [-0.25, -0.2) is 4.79 Å². The van der Waals surface area contributed by atoms with Gasteiger partial charge in [-0.15, -0.1) is 0 Å². The van der Waals surface area contributed by atoms with Crippen LogP contribution in [-0.4, -0.2) is 38.2 Å².